The van der Waals surface area contributed by atoms with Gasteiger partial charge in [-0.25, -0.2) is 9.79 Å². The van der Waals surface area contributed by atoms with Crippen LogP contribution in [0.15, 0.2) is 63.5 Å². The number of hydrogen-bond acceptors (Lipinski definition) is 8. The first kappa shape index (κ1) is 26.2. The van der Waals surface area contributed by atoms with Gasteiger partial charge in [-0.2, -0.15) is 0 Å². The van der Waals surface area contributed by atoms with Crippen LogP contribution in [0.25, 0.3) is 6.08 Å². The number of ether oxygens (including phenoxy) is 4. The fourth-order valence-corrected chi connectivity index (χ4v) is 5.34. The lowest BCUT2D eigenvalue weighted by molar-refractivity contribution is -0.136. The van der Waals surface area contributed by atoms with E-state index in [1.165, 1.54) is 18.4 Å². The standard InChI is InChI=1S/C28H30N2O6S/c1-7-35-25-18(11-10-14-21(25)33-5)15-22-26(31)30-24(19-12-8-9-13-20(19)36-16(2)3)23(27(32)34-6)17(4)29-28(30)37-22/h8-16,24H,7H2,1-6H3. The summed E-state index contributed by atoms with van der Waals surface area (Å²) >= 11 is 1.25. The molecule has 0 spiro atoms. The third-order valence-electron chi connectivity index (χ3n) is 5.81. The molecule has 0 radical (unpaired) electrons. The first-order valence-electron chi connectivity index (χ1n) is 12.0. The van der Waals surface area contributed by atoms with Crippen LogP contribution in [0, 0.1) is 0 Å². The van der Waals surface area contributed by atoms with Gasteiger partial charge in [0.2, 0.25) is 0 Å². The van der Waals surface area contributed by atoms with Gasteiger partial charge in [-0.1, -0.05) is 41.7 Å². The first-order valence-corrected chi connectivity index (χ1v) is 12.8. The van der Waals surface area contributed by atoms with E-state index in [4.69, 9.17) is 18.9 Å². The molecule has 0 aliphatic carbocycles. The highest BCUT2D eigenvalue weighted by Gasteiger charge is 2.35. The number of para-hydroxylation sites is 2. The Bertz CT molecular complexity index is 1530. The van der Waals surface area contributed by atoms with Gasteiger partial charge < -0.3 is 18.9 Å². The summed E-state index contributed by atoms with van der Waals surface area (Å²) in [6.45, 7) is 7.93. The van der Waals surface area contributed by atoms with Crippen molar-refractivity contribution in [3.63, 3.8) is 0 Å². The SMILES string of the molecule is CCOc1c(C=c2sc3n(c2=O)C(c2ccccc2OC(C)C)C(C(=O)OC)=C(C)N=3)cccc1OC. The van der Waals surface area contributed by atoms with Crippen LogP contribution in [0.4, 0.5) is 0 Å². The lowest BCUT2D eigenvalue weighted by atomic mass is 9.95. The predicted molar refractivity (Wildman–Crippen MR) is 142 cm³/mol. The predicted octanol–water partition coefficient (Wildman–Crippen LogP) is 3.60. The molecule has 9 heteroatoms. The van der Waals surface area contributed by atoms with Crippen molar-refractivity contribution < 1.29 is 23.7 Å². The molecule has 1 aromatic heterocycles. The van der Waals surface area contributed by atoms with Crippen molar-refractivity contribution in [1.82, 2.24) is 4.57 Å². The van der Waals surface area contributed by atoms with E-state index >= 15 is 0 Å². The third-order valence-corrected chi connectivity index (χ3v) is 6.79. The number of carbonyl (C=O) groups is 1. The summed E-state index contributed by atoms with van der Waals surface area (Å²) < 4.78 is 24.4. The molecule has 37 heavy (non-hydrogen) atoms. The molecular weight excluding hydrogens is 492 g/mol. The number of nitrogens with zero attached hydrogens (tertiary/aromatic N) is 2. The van der Waals surface area contributed by atoms with Crippen LogP contribution in [-0.2, 0) is 9.53 Å². The topological polar surface area (TPSA) is 88.4 Å². The average Bonchev–Trinajstić information content (AvgIpc) is 3.18. The number of rotatable bonds is 8. The van der Waals surface area contributed by atoms with Crippen molar-refractivity contribution in [3.05, 3.63) is 84.5 Å². The smallest absolute Gasteiger partial charge is 0.338 e. The number of esters is 1. The lowest BCUT2D eigenvalue weighted by Gasteiger charge is -2.26. The van der Waals surface area contributed by atoms with Crippen LogP contribution in [-0.4, -0.2) is 37.5 Å². The quantitative estimate of drug-likeness (QED) is 0.420. The number of carbonyl (C=O) groups excluding carboxylic acids is 1. The van der Waals surface area contributed by atoms with E-state index in [2.05, 4.69) is 4.99 Å². The molecule has 0 amide bonds. The zero-order valence-corrected chi connectivity index (χ0v) is 22.5. The Balaban J connectivity index is 2.00. The maximum absolute atomic E-state index is 13.9. The molecule has 0 saturated heterocycles. The summed E-state index contributed by atoms with van der Waals surface area (Å²) in [5.41, 5.74) is 1.87. The average molecular weight is 523 g/mol. The number of aromatic nitrogens is 1. The zero-order valence-electron chi connectivity index (χ0n) is 21.7. The molecule has 1 atom stereocenters. The third kappa shape index (κ3) is 5.04. The molecule has 0 fully saturated rings. The van der Waals surface area contributed by atoms with E-state index in [-0.39, 0.29) is 17.2 Å². The number of benzene rings is 2. The second-order valence-corrected chi connectivity index (χ2v) is 9.60. The van der Waals surface area contributed by atoms with Crippen molar-refractivity contribution in [2.24, 2.45) is 4.99 Å². The van der Waals surface area contributed by atoms with Gasteiger partial charge >= 0.3 is 5.97 Å². The molecule has 0 bridgehead atoms. The fraction of sp³-hybridized carbons (Fsp3) is 0.321. The van der Waals surface area contributed by atoms with E-state index in [1.54, 1.807) is 24.7 Å². The minimum absolute atomic E-state index is 0.103. The lowest BCUT2D eigenvalue weighted by Crippen LogP contribution is -2.40. The molecule has 3 aromatic rings. The number of hydrogen-bond donors (Lipinski definition) is 0. The van der Waals surface area contributed by atoms with Gasteiger partial charge in [-0.15, -0.1) is 0 Å². The van der Waals surface area contributed by atoms with Crippen molar-refractivity contribution in [1.29, 1.82) is 0 Å². The van der Waals surface area contributed by atoms with Gasteiger partial charge in [0.15, 0.2) is 16.3 Å². The molecule has 194 valence electrons. The highest BCUT2D eigenvalue weighted by molar-refractivity contribution is 7.07. The minimum Gasteiger partial charge on any atom is -0.493 e. The maximum atomic E-state index is 13.9. The largest absolute Gasteiger partial charge is 0.493 e. The Hall–Kier alpha value is -3.85. The Labute approximate surface area is 219 Å². The summed E-state index contributed by atoms with van der Waals surface area (Å²) in [5, 5.41) is 0. The highest BCUT2D eigenvalue weighted by atomic mass is 32.1. The zero-order chi connectivity index (χ0) is 26.7. The molecule has 0 saturated carbocycles. The first-order chi connectivity index (χ1) is 17.8. The van der Waals surface area contributed by atoms with E-state index < -0.39 is 12.0 Å². The highest BCUT2D eigenvalue weighted by Crippen LogP contribution is 2.36. The Morgan fingerprint density at radius 2 is 1.86 bits per heavy atom. The molecular formula is C28H30N2O6S. The molecule has 1 aliphatic heterocycles. The summed E-state index contributed by atoms with van der Waals surface area (Å²) in [5.74, 6) is 1.16. The number of thiazole rings is 1. The van der Waals surface area contributed by atoms with Crippen molar-refractivity contribution in [2.45, 2.75) is 39.8 Å². The summed E-state index contributed by atoms with van der Waals surface area (Å²) in [6.07, 6.45) is 1.66. The van der Waals surface area contributed by atoms with Gasteiger partial charge in [-0.3, -0.25) is 9.36 Å². The minimum atomic E-state index is -0.766. The van der Waals surface area contributed by atoms with E-state index in [0.717, 1.165) is 0 Å². The molecule has 8 nitrogen and oxygen atoms in total. The Kier molecular flexibility index (Phi) is 7.83. The molecule has 4 rings (SSSR count). The Morgan fingerprint density at radius 1 is 1.14 bits per heavy atom. The monoisotopic (exact) mass is 522 g/mol. The van der Waals surface area contributed by atoms with Crippen LogP contribution >= 0.6 is 11.3 Å². The fourth-order valence-electron chi connectivity index (χ4n) is 4.30. The van der Waals surface area contributed by atoms with Crippen LogP contribution in [0.2, 0.25) is 0 Å². The number of allylic oxidation sites excluding steroid dienone is 1. The second kappa shape index (κ2) is 11.0. The van der Waals surface area contributed by atoms with E-state index in [9.17, 15) is 9.59 Å². The molecule has 0 N–H and O–H groups in total. The van der Waals surface area contributed by atoms with Gasteiger partial charge in [0, 0.05) is 11.1 Å². The van der Waals surface area contributed by atoms with Crippen molar-refractivity contribution in [3.8, 4) is 17.2 Å². The van der Waals surface area contributed by atoms with Gasteiger partial charge in [0.1, 0.15) is 11.8 Å². The van der Waals surface area contributed by atoms with Gasteiger partial charge in [0.25, 0.3) is 5.56 Å². The van der Waals surface area contributed by atoms with Crippen LogP contribution in [0.3, 0.4) is 0 Å². The Morgan fingerprint density at radius 3 is 2.54 bits per heavy atom. The normalized spacial score (nSPS) is 15.3. The summed E-state index contributed by atoms with van der Waals surface area (Å²) in [4.78, 5) is 32.0. The van der Waals surface area contributed by atoms with Crippen LogP contribution in [0.5, 0.6) is 17.2 Å². The number of methoxy groups -OCH3 is 2. The number of fused-ring (bicyclic) bond motifs is 1. The molecule has 2 heterocycles. The maximum Gasteiger partial charge on any atom is 0.338 e. The van der Waals surface area contributed by atoms with Crippen LogP contribution < -0.4 is 29.1 Å². The van der Waals surface area contributed by atoms with E-state index in [1.807, 2.05) is 63.2 Å². The summed E-state index contributed by atoms with van der Waals surface area (Å²) in [7, 11) is 2.89. The van der Waals surface area contributed by atoms with Crippen molar-refractivity contribution >= 4 is 23.4 Å². The molecule has 1 unspecified atom stereocenters. The molecule has 1 aliphatic rings. The van der Waals surface area contributed by atoms with Crippen LogP contribution in [0.1, 0.15) is 44.9 Å². The van der Waals surface area contributed by atoms with Gasteiger partial charge in [0.05, 0.1) is 42.7 Å². The van der Waals surface area contributed by atoms with Crippen molar-refractivity contribution in [2.75, 3.05) is 20.8 Å². The van der Waals surface area contributed by atoms with E-state index in [0.29, 0.717) is 50.0 Å². The van der Waals surface area contributed by atoms with Gasteiger partial charge in [-0.05, 0) is 45.9 Å². The summed E-state index contributed by atoms with van der Waals surface area (Å²) in [6, 6.07) is 12.1. The molecule has 2 aromatic carbocycles. The second-order valence-electron chi connectivity index (χ2n) is 8.59.